The maximum atomic E-state index is 12.8. The molecule has 0 saturated carbocycles. The average Bonchev–Trinajstić information content (AvgIpc) is 2.63. The van der Waals surface area contributed by atoms with Gasteiger partial charge in [0.15, 0.2) is 0 Å². The number of piperazine rings is 1. The first-order valence-corrected chi connectivity index (χ1v) is 11.1. The minimum absolute atomic E-state index is 0. The highest BCUT2D eigenvalue weighted by atomic mass is 35.5. The van der Waals surface area contributed by atoms with Gasteiger partial charge in [0.2, 0.25) is 20.0 Å². The molecule has 1 N–H and O–H groups in total. The molecule has 0 spiro atoms. The summed E-state index contributed by atoms with van der Waals surface area (Å²) in [5.41, 5.74) is 0. The SMILES string of the molecule is Cl.O=S(=O)(c1cccc(S(=O)(=O)N2CCNCC2)c1)N1CCCCC1. The molecule has 1 aromatic carbocycles. The molecular formula is C15H24ClN3O4S2. The maximum Gasteiger partial charge on any atom is 0.243 e. The van der Waals surface area contributed by atoms with Gasteiger partial charge in [0, 0.05) is 39.3 Å². The average molecular weight is 410 g/mol. The van der Waals surface area contributed by atoms with Gasteiger partial charge in [0.25, 0.3) is 0 Å². The van der Waals surface area contributed by atoms with E-state index in [1.54, 1.807) is 0 Å². The van der Waals surface area contributed by atoms with Crippen molar-refractivity contribution in [2.24, 2.45) is 0 Å². The van der Waals surface area contributed by atoms with E-state index in [9.17, 15) is 16.8 Å². The van der Waals surface area contributed by atoms with Crippen molar-refractivity contribution in [2.75, 3.05) is 39.3 Å². The van der Waals surface area contributed by atoms with Gasteiger partial charge in [-0.2, -0.15) is 8.61 Å². The molecule has 142 valence electrons. The van der Waals surface area contributed by atoms with Gasteiger partial charge in [-0.05, 0) is 31.0 Å². The molecule has 2 fully saturated rings. The van der Waals surface area contributed by atoms with E-state index in [-0.39, 0.29) is 22.2 Å². The molecule has 2 aliphatic rings. The number of halogens is 1. The highest BCUT2D eigenvalue weighted by Crippen LogP contribution is 2.24. The molecule has 25 heavy (non-hydrogen) atoms. The lowest BCUT2D eigenvalue weighted by Crippen LogP contribution is -2.46. The van der Waals surface area contributed by atoms with Crippen LogP contribution in [-0.4, -0.2) is 64.7 Å². The Bertz CT molecular complexity index is 723. The monoisotopic (exact) mass is 409 g/mol. The van der Waals surface area contributed by atoms with Gasteiger partial charge in [-0.3, -0.25) is 0 Å². The zero-order valence-electron chi connectivity index (χ0n) is 13.9. The minimum Gasteiger partial charge on any atom is -0.314 e. The van der Waals surface area contributed by atoms with Crippen molar-refractivity contribution in [3.8, 4) is 0 Å². The smallest absolute Gasteiger partial charge is 0.243 e. The standard InChI is InChI=1S/C15H23N3O4S2.ClH/c19-23(20,17-9-2-1-3-10-17)14-5-4-6-15(13-14)24(21,22)18-11-7-16-8-12-18;/h4-6,13,16H,1-3,7-12H2;1H. The van der Waals surface area contributed by atoms with E-state index in [1.165, 1.54) is 32.9 Å². The quantitative estimate of drug-likeness (QED) is 0.797. The Morgan fingerprint density at radius 2 is 1.24 bits per heavy atom. The molecule has 0 unspecified atom stereocenters. The lowest BCUT2D eigenvalue weighted by molar-refractivity contribution is 0.346. The molecule has 3 rings (SSSR count). The van der Waals surface area contributed by atoms with Crippen LogP contribution in [0.4, 0.5) is 0 Å². The molecule has 0 radical (unpaired) electrons. The van der Waals surface area contributed by atoms with Crippen molar-refractivity contribution < 1.29 is 16.8 Å². The van der Waals surface area contributed by atoms with Crippen LogP contribution in [0, 0.1) is 0 Å². The first-order chi connectivity index (χ1) is 11.4. The van der Waals surface area contributed by atoms with E-state index in [1.807, 2.05) is 0 Å². The highest BCUT2D eigenvalue weighted by molar-refractivity contribution is 7.90. The molecule has 0 amide bonds. The van der Waals surface area contributed by atoms with Gasteiger partial charge in [-0.25, -0.2) is 16.8 Å². The first-order valence-electron chi connectivity index (χ1n) is 8.23. The summed E-state index contributed by atoms with van der Waals surface area (Å²) in [7, 11) is -7.30. The van der Waals surface area contributed by atoms with Crippen LogP contribution in [0.3, 0.4) is 0 Å². The number of nitrogens with zero attached hydrogens (tertiary/aromatic N) is 2. The van der Waals surface area contributed by atoms with Gasteiger partial charge < -0.3 is 5.32 Å². The third-order valence-electron chi connectivity index (χ3n) is 4.47. The normalized spacial score (nSPS) is 20.8. The van der Waals surface area contributed by atoms with Crippen molar-refractivity contribution in [2.45, 2.75) is 29.1 Å². The van der Waals surface area contributed by atoms with E-state index in [0.29, 0.717) is 39.3 Å². The summed E-state index contributed by atoms with van der Waals surface area (Å²) in [5.74, 6) is 0. The highest BCUT2D eigenvalue weighted by Gasteiger charge is 2.30. The Labute approximate surface area is 155 Å². The zero-order valence-corrected chi connectivity index (χ0v) is 16.4. The van der Waals surface area contributed by atoms with E-state index >= 15 is 0 Å². The second-order valence-corrected chi connectivity index (χ2v) is 9.97. The number of nitrogens with one attached hydrogen (secondary N) is 1. The molecule has 2 saturated heterocycles. The molecule has 1 aromatic rings. The minimum atomic E-state index is -3.67. The van der Waals surface area contributed by atoms with Crippen molar-refractivity contribution in [3.05, 3.63) is 24.3 Å². The summed E-state index contributed by atoms with van der Waals surface area (Å²) in [6.45, 7) is 2.99. The van der Waals surface area contributed by atoms with Crippen LogP contribution >= 0.6 is 12.4 Å². The summed E-state index contributed by atoms with van der Waals surface area (Å²) < 4.78 is 53.8. The van der Waals surface area contributed by atoms with Gasteiger partial charge in [-0.1, -0.05) is 12.5 Å². The fourth-order valence-electron chi connectivity index (χ4n) is 3.08. The summed E-state index contributed by atoms with van der Waals surface area (Å²) >= 11 is 0. The van der Waals surface area contributed by atoms with Crippen LogP contribution in [0.1, 0.15) is 19.3 Å². The van der Waals surface area contributed by atoms with Crippen LogP contribution in [0.15, 0.2) is 34.1 Å². The molecule has 0 aromatic heterocycles. The predicted octanol–water partition coefficient (Wildman–Crippen LogP) is 0.877. The van der Waals surface area contributed by atoms with Gasteiger partial charge in [-0.15, -0.1) is 12.4 Å². The van der Waals surface area contributed by atoms with Crippen LogP contribution in [0.2, 0.25) is 0 Å². The summed E-state index contributed by atoms with van der Waals surface area (Å²) in [6, 6.07) is 5.74. The largest absolute Gasteiger partial charge is 0.314 e. The van der Waals surface area contributed by atoms with Crippen LogP contribution in [0.25, 0.3) is 0 Å². The fourth-order valence-corrected chi connectivity index (χ4v) is 6.21. The number of rotatable bonds is 4. The van der Waals surface area contributed by atoms with Crippen molar-refractivity contribution in [3.63, 3.8) is 0 Å². The van der Waals surface area contributed by atoms with Gasteiger partial charge >= 0.3 is 0 Å². The van der Waals surface area contributed by atoms with Crippen molar-refractivity contribution in [1.29, 1.82) is 0 Å². The van der Waals surface area contributed by atoms with Crippen LogP contribution < -0.4 is 5.32 Å². The third kappa shape index (κ3) is 4.35. The Hall–Kier alpha value is -0.710. The number of hydrogen-bond acceptors (Lipinski definition) is 5. The molecule has 0 aliphatic carbocycles. The Kier molecular flexibility index (Phi) is 6.86. The second-order valence-electron chi connectivity index (χ2n) is 6.09. The van der Waals surface area contributed by atoms with Crippen LogP contribution in [0.5, 0.6) is 0 Å². The molecule has 2 heterocycles. The number of hydrogen-bond donors (Lipinski definition) is 1. The van der Waals surface area contributed by atoms with Crippen molar-refractivity contribution >= 4 is 32.5 Å². The maximum absolute atomic E-state index is 12.8. The summed E-state index contributed by atoms with van der Waals surface area (Å²) in [4.78, 5) is 0.100. The Balaban J connectivity index is 0.00000225. The molecule has 0 bridgehead atoms. The topological polar surface area (TPSA) is 86.8 Å². The van der Waals surface area contributed by atoms with E-state index in [2.05, 4.69) is 5.32 Å². The van der Waals surface area contributed by atoms with Gasteiger partial charge in [0.1, 0.15) is 0 Å². The molecule has 0 atom stereocenters. The molecular weight excluding hydrogens is 386 g/mol. The summed E-state index contributed by atoms with van der Waals surface area (Å²) in [5, 5.41) is 3.11. The Morgan fingerprint density at radius 1 is 0.760 bits per heavy atom. The summed E-state index contributed by atoms with van der Waals surface area (Å²) in [6.07, 6.45) is 2.72. The van der Waals surface area contributed by atoms with E-state index in [0.717, 1.165) is 19.3 Å². The van der Waals surface area contributed by atoms with Gasteiger partial charge in [0.05, 0.1) is 9.79 Å². The third-order valence-corrected chi connectivity index (χ3v) is 8.26. The second kappa shape index (κ2) is 8.32. The molecule has 7 nitrogen and oxygen atoms in total. The fraction of sp³-hybridized carbons (Fsp3) is 0.600. The molecule has 10 heteroatoms. The zero-order chi connectivity index (χ0) is 17.2. The number of piperidine rings is 1. The lowest BCUT2D eigenvalue weighted by atomic mass is 10.2. The Morgan fingerprint density at radius 3 is 1.76 bits per heavy atom. The van der Waals surface area contributed by atoms with E-state index in [4.69, 9.17) is 0 Å². The van der Waals surface area contributed by atoms with Crippen molar-refractivity contribution in [1.82, 2.24) is 13.9 Å². The molecule has 2 aliphatic heterocycles. The lowest BCUT2D eigenvalue weighted by Gasteiger charge is -2.27. The number of benzene rings is 1. The van der Waals surface area contributed by atoms with Crippen LogP contribution in [-0.2, 0) is 20.0 Å². The first kappa shape index (κ1) is 20.6. The number of sulfonamides is 2. The van der Waals surface area contributed by atoms with E-state index < -0.39 is 20.0 Å². The predicted molar refractivity (Wildman–Crippen MR) is 97.9 cm³/mol.